The van der Waals surface area contributed by atoms with Crippen LogP contribution >= 0.6 is 23.8 Å². The van der Waals surface area contributed by atoms with Crippen LogP contribution in [0.5, 0.6) is 0 Å². The topological polar surface area (TPSA) is 58.4 Å². The molecule has 0 radical (unpaired) electrons. The molecule has 18 heavy (non-hydrogen) atoms. The number of hydrogen-bond acceptors (Lipinski definition) is 3. The summed E-state index contributed by atoms with van der Waals surface area (Å²) < 4.78 is 0. The summed E-state index contributed by atoms with van der Waals surface area (Å²) in [5, 5.41) is 3.64. The number of rotatable bonds is 5. The van der Waals surface area contributed by atoms with Gasteiger partial charge in [0, 0.05) is 32.6 Å². The Bertz CT molecular complexity index is 463. The van der Waals surface area contributed by atoms with Crippen LogP contribution in [0, 0.1) is 0 Å². The smallest absolute Gasteiger partial charge is 0.223 e. The first-order chi connectivity index (χ1) is 8.41. The van der Waals surface area contributed by atoms with Crippen molar-refractivity contribution in [1.82, 2.24) is 4.90 Å². The summed E-state index contributed by atoms with van der Waals surface area (Å²) in [6.07, 6.45) is 0.417. The summed E-state index contributed by atoms with van der Waals surface area (Å²) in [4.78, 5) is 13.2. The predicted molar refractivity (Wildman–Crippen MR) is 79.1 cm³/mol. The zero-order chi connectivity index (χ0) is 13.7. The van der Waals surface area contributed by atoms with Crippen molar-refractivity contribution in [3.8, 4) is 0 Å². The summed E-state index contributed by atoms with van der Waals surface area (Å²) in [7, 11) is 3.46. The van der Waals surface area contributed by atoms with Crippen molar-refractivity contribution in [2.45, 2.75) is 6.42 Å². The molecule has 1 aromatic rings. The summed E-state index contributed by atoms with van der Waals surface area (Å²) in [6.45, 7) is 0.531. The predicted octanol–water partition coefficient (Wildman–Crippen LogP) is 1.86. The van der Waals surface area contributed by atoms with Crippen LogP contribution < -0.4 is 11.1 Å². The highest BCUT2D eigenvalue weighted by Crippen LogP contribution is 2.22. The van der Waals surface area contributed by atoms with Crippen molar-refractivity contribution in [2.75, 3.05) is 26.0 Å². The first kappa shape index (κ1) is 14.7. The van der Waals surface area contributed by atoms with Crippen LogP contribution in [-0.4, -0.2) is 36.4 Å². The average Bonchev–Trinajstić information content (AvgIpc) is 2.30. The first-order valence-electron chi connectivity index (χ1n) is 5.45. The van der Waals surface area contributed by atoms with Crippen molar-refractivity contribution in [3.05, 3.63) is 28.8 Å². The highest BCUT2D eigenvalue weighted by molar-refractivity contribution is 7.80. The molecule has 4 nitrogen and oxygen atoms in total. The number of hydrogen-bond donors (Lipinski definition) is 2. The van der Waals surface area contributed by atoms with Gasteiger partial charge in [-0.15, -0.1) is 0 Å². The van der Waals surface area contributed by atoms with E-state index >= 15 is 0 Å². The van der Waals surface area contributed by atoms with E-state index in [0.29, 0.717) is 23.0 Å². The maximum Gasteiger partial charge on any atom is 0.223 e. The summed E-state index contributed by atoms with van der Waals surface area (Å²) >= 11 is 10.9. The van der Waals surface area contributed by atoms with Gasteiger partial charge < -0.3 is 16.0 Å². The molecule has 0 heterocycles. The SMILES string of the molecule is CN(C)C(=O)CCNc1ccc(C(N)=S)cc1Cl. The van der Waals surface area contributed by atoms with Gasteiger partial charge in [-0.2, -0.15) is 0 Å². The third-order valence-corrected chi connectivity index (χ3v) is 2.96. The van der Waals surface area contributed by atoms with Crippen molar-refractivity contribution >= 4 is 40.4 Å². The maximum absolute atomic E-state index is 11.4. The molecular formula is C12H16ClN3OS. The maximum atomic E-state index is 11.4. The van der Waals surface area contributed by atoms with Crippen LogP contribution in [0.2, 0.25) is 5.02 Å². The van der Waals surface area contributed by atoms with Crippen molar-refractivity contribution in [2.24, 2.45) is 5.73 Å². The quantitative estimate of drug-likeness (QED) is 0.811. The van der Waals surface area contributed by atoms with Crippen molar-refractivity contribution < 1.29 is 4.79 Å². The second kappa shape index (κ2) is 6.56. The summed E-state index contributed by atoms with van der Waals surface area (Å²) in [5.74, 6) is 0.0679. The molecular weight excluding hydrogens is 270 g/mol. The minimum absolute atomic E-state index is 0.0679. The molecule has 0 fully saturated rings. The number of anilines is 1. The van der Waals surface area contributed by atoms with Gasteiger partial charge in [-0.25, -0.2) is 0 Å². The van der Waals surface area contributed by atoms with Crippen LogP contribution in [0.4, 0.5) is 5.69 Å². The number of nitrogens with two attached hydrogens (primary N) is 1. The minimum atomic E-state index is 0.0679. The first-order valence-corrected chi connectivity index (χ1v) is 6.24. The molecule has 0 bridgehead atoms. The standard InChI is InChI=1S/C12H16ClN3OS/c1-16(2)11(17)5-6-15-10-4-3-8(12(14)18)7-9(10)13/h3-4,7,15H,5-6H2,1-2H3,(H2,14,18). The van der Waals surface area contributed by atoms with E-state index in [1.807, 2.05) is 0 Å². The number of carbonyl (C=O) groups excluding carboxylic acids is 1. The van der Waals surface area contributed by atoms with Gasteiger partial charge in [0.1, 0.15) is 4.99 Å². The fraction of sp³-hybridized carbons (Fsp3) is 0.333. The van der Waals surface area contributed by atoms with E-state index in [-0.39, 0.29) is 5.91 Å². The van der Waals surface area contributed by atoms with Gasteiger partial charge >= 0.3 is 0 Å². The van der Waals surface area contributed by atoms with E-state index in [4.69, 9.17) is 29.6 Å². The Morgan fingerprint density at radius 2 is 2.17 bits per heavy atom. The Labute approximate surface area is 117 Å². The average molecular weight is 286 g/mol. The van der Waals surface area contributed by atoms with Gasteiger partial charge in [0.05, 0.1) is 10.7 Å². The summed E-state index contributed by atoms with van der Waals surface area (Å²) in [5.41, 5.74) is 7.00. The van der Waals surface area contributed by atoms with Crippen LogP contribution in [0.15, 0.2) is 18.2 Å². The monoisotopic (exact) mass is 285 g/mol. The van der Waals surface area contributed by atoms with Crippen LogP contribution in [0.1, 0.15) is 12.0 Å². The van der Waals surface area contributed by atoms with Gasteiger partial charge in [-0.1, -0.05) is 23.8 Å². The van der Waals surface area contributed by atoms with Crippen LogP contribution in [-0.2, 0) is 4.79 Å². The molecule has 1 aromatic carbocycles. The van der Waals surface area contributed by atoms with E-state index in [2.05, 4.69) is 5.32 Å². The zero-order valence-corrected chi connectivity index (χ0v) is 11.9. The molecule has 0 saturated carbocycles. The number of benzene rings is 1. The van der Waals surface area contributed by atoms with Gasteiger partial charge in [0.15, 0.2) is 0 Å². The van der Waals surface area contributed by atoms with E-state index in [1.165, 1.54) is 0 Å². The second-order valence-corrected chi connectivity index (χ2v) is 4.87. The molecule has 98 valence electrons. The van der Waals surface area contributed by atoms with Gasteiger partial charge in [-0.3, -0.25) is 4.79 Å². The normalized spacial score (nSPS) is 9.94. The molecule has 3 N–H and O–H groups in total. The van der Waals surface area contributed by atoms with E-state index < -0.39 is 0 Å². The molecule has 0 aliphatic heterocycles. The second-order valence-electron chi connectivity index (χ2n) is 4.02. The lowest BCUT2D eigenvalue weighted by molar-refractivity contribution is -0.128. The molecule has 0 spiro atoms. The summed E-state index contributed by atoms with van der Waals surface area (Å²) in [6, 6.07) is 5.31. The molecule has 0 saturated heterocycles. The molecule has 0 aliphatic carbocycles. The Morgan fingerprint density at radius 1 is 1.50 bits per heavy atom. The molecule has 1 amide bonds. The largest absolute Gasteiger partial charge is 0.389 e. The number of carbonyl (C=O) groups is 1. The lowest BCUT2D eigenvalue weighted by Crippen LogP contribution is -2.23. The Hall–Kier alpha value is -1.33. The zero-order valence-electron chi connectivity index (χ0n) is 10.4. The van der Waals surface area contributed by atoms with E-state index in [1.54, 1.807) is 37.2 Å². The highest BCUT2D eigenvalue weighted by atomic mass is 35.5. The number of halogens is 1. The molecule has 1 rings (SSSR count). The lowest BCUT2D eigenvalue weighted by atomic mass is 10.2. The Kier molecular flexibility index (Phi) is 5.37. The van der Waals surface area contributed by atoms with E-state index in [0.717, 1.165) is 11.3 Å². The molecule has 6 heteroatoms. The number of amides is 1. The van der Waals surface area contributed by atoms with Crippen LogP contribution in [0.25, 0.3) is 0 Å². The number of thiocarbonyl (C=S) groups is 1. The lowest BCUT2D eigenvalue weighted by Gasteiger charge is -2.12. The Morgan fingerprint density at radius 3 is 2.67 bits per heavy atom. The number of nitrogens with zero attached hydrogens (tertiary/aromatic N) is 1. The fourth-order valence-corrected chi connectivity index (χ4v) is 1.71. The van der Waals surface area contributed by atoms with Crippen LogP contribution in [0.3, 0.4) is 0 Å². The third-order valence-electron chi connectivity index (χ3n) is 2.41. The minimum Gasteiger partial charge on any atom is -0.389 e. The van der Waals surface area contributed by atoms with E-state index in [9.17, 15) is 4.79 Å². The molecule has 0 aliphatic rings. The Balaban J connectivity index is 2.58. The van der Waals surface area contributed by atoms with Gasteiger partial charge in [-0.05, 0) is 18.2 Å². The fourth-order valence-electron chi connectivity index (χ4n) is 1.34. The molecule has 0 atom stereocenters. The van der Waals surface area contributed by atoms with Gasteiger partial charge in [0.2, 0.25) is 5.91 Å². The van der Waals surface area contributed by atoms with Crippen molar-refractivity contribution in [3.63, 3.8) is 0 Å². The number of nitrogens with one attached hydrogen (secondary N) is 1. The molecule has 0 unspecified atom stereocenters. The van der Waals surface area contributed by atoms with Gasteiger partial charge in [0.25, 0.3) is 0 Å². The van der Waals surface area contributed by atoms with Crippen molar-refractivity contribution in [1.29, 1.82) is 0 Å². The molecule has 0 aromatic heterocycles. The third kappa shape index (κ3) is 4.16. The highest BCUT2D eigenvalue weighted by Gasteiger charge is 2.06.